The van der Waals surface area contributed by atoms with Gasteiger partial charge in [0.05, 0.1) is 16.7 Å². The van der Waals surface area contributed by atoms with Crippen LogP contribution in [-0.2, 0) is 14.8 Å². The third-order valence-corrected chi connectivity index (χ3v) is 6.21. The lowest BCUT2D eigenvalue weighted by Crippen LogP contribution is -2.34. The summed E-state index contributed by atoms with van der Waals surface area (Å²) in [7, 11) is -4.22. The van der Waals surface area contributed by atoms with Crippen LogP contribution in [0.25, 0.3) is 10.8 Å². The van der Waals surface area contributed by atoms with Gasteiger partial charge in [0.25, 0.3) is 0 Å². The molecule has 1 aliphatic rings. The molecule has 1 aliphatic heterocycles. The summed E-state index contributed by atoms with van der Waals surface area (Å²) in [6, 6.07) is 11.2. The van der Waals surface area contributed by atoms with E-state index in [0.717, 1.165) is 5.39 Å². The molecule has 25 heavy (non-hydrogen) atoms. The van der Waals surface area contributed by atoms with Crippen molar-refractivity contribution in [3.05, 3.63) is 42.5 Å². The first-order chi connectivity index (χ1) is 11.6. The van der Waals surface area contributed by atoms with Crippen LogP contribution in [-0.4, -0.2) is 43.1 Å². The summed E-state index contributed by atoms with van der Waals surface area (Å²) in [4.78, 5) is 11.0. The molecular formula is C16H14F3NO4S. The van der Waals surface area contributed by atoms with Crippen LogP contribution >= 0.6 is 0 Å². The highest BCUT2D eigenvalue weighted by Gasteiger charge is 2.54. The fourth-order valence-electron chi connectivity index (χ4n) is 3.02. The van der Waals surface area contributed by atoms with Crippen molar-refractivity contribution in [1.29, 1.82) is 0 Å². The van der Waals surface area contributed by atoms with Crippen LogP contribution in [0.2, 0.25) is 0 Å². The van der Waals surface area contributed by atoms with Gasteiger partial charge in [-0.15, -0.1) is 0 Å². The molecule has 2 aromatic carbocycles. The second-order valence-electron chi connectivity index (χ2n) is 5.92. The van der Waals surface area contributed by atoms with Crippen LogP contribution in [0.15, 0.2) is 47.4 Å². The largest absolute Gasteiger partial charge is 0.481 e. The zero-order chi connectivity index (χ0) is 18.4. The first-order valence-electron chi connectivity index (χ1n) is 7.39. The standard InChI is InChI=1S/C16H14F3NO4S/c17-16(18,19)14-9-20(8-13(14)15(21)22)25(23,24)12-6-5-10-3-1-2-4-11(10)7-12/h1-7,13-14H,8-9H2,(H,21,22)/t13-,14-/m1/s1. The first-order valence-corrected chi connectivity index (χ1v) is 8.83. The smallest absolute Gasteiger partial charge is 0.393 e. The van der Waals surface area contributed by atoms with Crippen molar-refractivity contribution in [3.63, 3.8) is 0 Å². The number of carboxylic acid groups (broad SMARTS) is 1. The van der Waals surface area contributed by atoms with Gasteiger partial charge in [0.15, 0.2) is 0 Å². The van der Waals surface area contributed by atoms with Crippen molar-refractivity contribution in [3.8, 4) is 0 Å². The van der Waals surface area contributed by atoms with Crippen LogP contribution in [0, 0.1) is 11.8 Å². The zero-order valence-electron chi connectivity index (χ0n) is 12.8. The summed E-state index contributed by atoms with van der Waals surface area (Å²) in [6.45, 7) is -1.59. The normalized spacial score (nSPS) is 22.4. The lowest BCUT2D eigenvalue weighted by Gasteiger charge is -2.18. The highest BCUT2D eigenvalue weighted by molar-refractivity contribution is 7.89. The van der Waals surface area contributed by atoms with Gasteiger partial charge in [-0.3, -0.25) is 4.79 Å². The summed E-state index contributed by atoms with van der Waals surface area (Å²) in [5.74, 6) is -5.69. The maximum Gasteiger partial charge on any atom is 0.393 e. The molecule has 0 unspecified atom stereocenters. The molecule has 134 valence electrons. The average Bonchev–Trinajstić information content (AvgIpc) is 3.01. The van der Waals surface area contributed by atoms with E-state index in [0.29, 0.717) is 9.69 Å². The number of nitrogens with zero attached hydrogens (tertiary/aromatic N) is 1. The van der Waals surface area contributed by atoms with Gasteiger partial charge in [-0.1, -0.05) is 30.3 Å². The molecule has 0 saturated carbocycles. The Balaban J connectivity index is 1.97. The molecule has 1 heterocycles. The number of carbonyl (C=O) groups is 1. The van der Waals surface area contributed by atoms with Gasteiger partial charge >= 0.3 is 12.1 Å². The zero-order valence-corrected chi connectivity index (χ0v) is 13.6. The topological polar surface area (TPSA) is 74.7 Å². The number of alkyl halides is 3. The van der Waals surface area contributed by atoms with Crippen LogP contribution in [0.3, 0.4) is 0 Å². The van der Waals surface area contributed by atoms with E-state index in [-0.39, 0.29) is 4.90 Å². The molecule has 0 aromatic heterocycles. The van der Waals surface area contributed by atoms with Crippen LogP contribution in [0.4, 0.5) is 13.2 Å². The number of benzene rings is 2. The fraction of sp³-hybridized carbons (Fsp3) is 0.312. The molecular weight excluding hydrogens is 359 g/mol. The van der Waals surface area contributed by atoms with Gasteiger partial charge in [0, 0.05) is 13.1 Å². The Kier molecular flexibility index (Phi) is 4.24. The molecule has 0 radical (unpaired) electrons. The summed E-state index contributed by atoms with van der Waals surface area (Å²) >= 11 is 0. The summed E-state index contributed by atoms with van der Waals surface area (Å²) in [6.07, 6.45) is -4.78. The van der Waals surface area contributed by atoms with E-state index in [1.54, 1.807) is 30.3 Å². The number of fused-ring (bicyclic) bond motifs is 1. The lowest BCUT2D eigenvalue weighted by molar-refractivity contribution is -0.187. The van der Waals surface area contributed by atoms with Crippen molar-refractivity contribution >= 4 is 26.8 Å². The van der Waals surface area contributed by atoms with Crippen molar-refractivity contribution in [2.24, 2.45) is 11.8 Å². The minimum absolute atomic E-state index is 0.154. The van der Waals surface area contributed by atoms with E-state index in [9.17, 15) is 26.4 Å². The quantitative estimate of drug-likeness (QED) is 0.898. The third kappa shape index (κ3) is 3.21. The molecule has 1 fully saturated rings. The number of halogens is 3. The van der Waals surface area contributed by atoms with Crippen molar-refractivity contribution < 1.29 is 31.5 Å². The number of sulfonamides is 1. The average molecular weight is 373 g/mol. The summed E-state index contributed by atoms with van der Waals surface area (Å²) < 4.78 is 65.1. The van der Waals surface area contributed by atoms with Crippen molar-refractivity contribution in [2.75, 3.05) is 13.1 Å². The van der Waals surface area contributed by atoms with E-state index in [1.807, 2.05) is 0 Å². The van der Waals surface area contributed by atoms with Gasteiger partial charge in [-0.05, 0) is 22.9 Å². The second-order valence-corrected chi connectivity index (χ2v) is 7.86. The molecule has 2 aromatic rings. The predicted octanol–water partition coefficient (Wildman–Crippen LogP) is 2.72. The Morgan fingerprint density at radius 1 is 1.08 bits per heavy atom. The van der Waals surface area contributed by atoms with E-state index in [4.69, 9.17) is 5.11 Å². The SMILES string of the molecule is O=C(O)[C@@H]1CN(S(=O)(=O)c2ccc3ccccc3c2)C[C@H]1C(F)(F)F. The fourth-order valence-corrected chi connectivity index (χ4v) is 4.55. The maximum absolute atomic E-state index is 13.1. The molecule has 0 amide bonds. The minimum atomic E-state index is -4.78. The highest BCUT2D eigenvalue weighted by atomic mass is 32.2. The van der Waals surface area contributed by atoms with Crippen LogP contribution in [0.1, 0.15) is 0 Å². The van der Waals surface area contributed by atoms with Crippen molar-refractivity contribution in [2.45, 2.75) is 11.1 Å². The molecule has 3 rings (SSSR count). The molecule has 2 atom stereocenters. The molecule has 1 N–H and O–H groups in total. The Hall–Kier alpha value is -2.13. The predicted molar refractivity (Wildman–Crippen MR) is 83.4 cm³/mol. The molecule has 1 saturated heterocycles. The Morgan fingerprint density at radius 2 is 1.72 bits per heavy atom. The number of carboxylic acids is 1. The van der Waals surface area contributed by atoms with E-state index in [2.05, 4.69) is 0 Å². The van der Waals surface area contributed by atoms with E-state index in [1.165, 1.54) is 12.1 Å². The van der Waals surface area contributed by atoms with Crippen molar-refractivity contribution in [1.82, 2.24) is 4.31 Å². The van der Waals surface area contributed by atoms with Gasteiger partial charge in [0.1, 0.15) is 0 Å². The number of rotatable bonds is 3. The van der Waals surface area contributed by atoms with E-state index < -0.39 is 47.1 Å². The number of hydrogen-bond acceptors (Lipinski definition) is 3. The van der Waals surface area contributed by atoms with Crippen LogP contribution in [0.5, 0.6) is 0 Å². The molecule has 5 nitrogen and oxygen atoms in total. The monoisotopic (exact) mass is 373 g/mol. The minimum Gasteiger partial charge on any atom is -0.481 e. The highest BCUT2D eigenvalue weighted by Crippen LogP contribution is 2.39. The Labute approximate surface area is 141 Å². The van der Waals surface area contributed by atoms with Gasteiger partial charge < -0.3 is 5.11 Å². The first kappa shape index (κ1) is 17.7. The Morgan fingerprint density at radius 3 is 2.28 bits per heavy atom. The molecule has 0 spiro atoms. The van der Waals surface area contributed by atoms with E-state index >= 15 is 0 Å². The third-order valence-electron chi connectivity index (χ3n) is 4.38. The molecule has 9 heteroatoms. The number of hydrogen-bond donors (Lipinski definition) is 1. The Bertz CT molecular complexity index is 926. The summed E-state index contributed by atoms with van der Waals surface area (Å²) in [5.41, 5.74) is 0. The lowest BCUT2D eigenvalue weighted by atomic mass is 9.96. The second kappa shape index (κ2) is 5.99. The maximum atomic E-state index is 13.1. The molecule has 0 bridgehead atoms. The number of aliphatic carboxylic acids is 1. The van der Waals surface area contributed by atoms with Gasteiger partial charge in [-0.25, -0.2) is 8.42 Å². The summed E-state index contributed by atoms with van der Waals surface area (Å²) in [5, 5.41) is 10.4. The van der Waals surface area contributed by atoms with Crippen LogP contribution < -0.4 is 0 Å². The van der Waals surface area contributed by atoms with Gasteiger partial charge in [0.2, 0.25) is 10.0 Å². The molecule has 0 aliphatic carbocycles. The van der Waals surface area contributed by atoms with Gasteiger partial charge in [-0.2, -0.15) is 17.5 Å².